The SMILES string of the molecule is Cc1ccc(/C=N\Nc2nc(SCC(=O)Nc3c(F)cccc3F)n[nH]2)o1. The number of aromatic nitrogens is 3. The van der Waals surface area contributed by atoms with Crippen molar-refractivity contribution in [2.45, 2.75) is 12.1 Å². The van der Waals surface area contributed by atoms with E-state index in [1.54, 1.807) is 6.07 Å². The van der Waals surface area contributed by atoms with E-state index in [-0.39, 0.29) is 16.9 Å². The lowest BCUT2D eigenvalue weighted by atomic mass is 10.3. The smallest absolute Gasteiger partial charge is 0.240 e. The Hall–Kier alpha value is -3.21. The molecule has 0 atom stereocenters. The minimum absolute atomic E-state index is 0.125. The Morgan fingerprint density at radius 2 is 2.11 bits per heavy atom. The molecule has 0 aliphatic rings. The largest absolute Gasteiger partial charge is 0.460 e. The summed E-state index contributed by atoms with van der Waals surface area (Å²) in [5, 5.41) is 12.9. The van der Waals surface area contributed by atoms with Gasteiger partial charge in [-0.05, 0) is 31.2 Å². The van der Waals surface area contributed by atoms with Gasteiger partial charge in [0.15, 0.2) is 0 Å². The highest BCUT2D eigenvalue weighted by Gasteiger charge is 2.13. The number of halogens is 2. The Morgan fingerprint density at radius 3 is 2.81 bits per heavy atom. The zero-order chi connectivity index (χ0) is 19.2. The first-order chi connectivity index (χ1) is 13.0. The van der Waals surface area contributed by atoms with Crippen LogP contribution in [-0.4, -0.2) is 33.1 Å². The van der Waals surface area contributed by atoms with Gasteiger partial charge in [0.1, 0.15) is 28.8 Å². The van der Waals surface area contributed by atoms with E-state index in [1.807, 2.05) is 13.0 Å². The minimum atomic E-state index is -0.845. The maximum Gasteiger partial charge on any atom is 0.240 e. The summed E-state index contributed by atoms with van der Waals surface area (Å²) in [4.78, 5) is 15.9. The van der Waals surface area contributed by atoms with E-state index >= 15 is 0 Å². The molecule has 3 aromatic rings. The first kappa shape index (κ1) is 18.6. The predicted molar refractivity (Wildman–Crippen MR) is 96.8 cm³/mol. The number of rotatable bonds is 7. The van der Waals surface area contributed by atoms with Crippen LogP contribution in [0.4, 0.5) is 20.4 Å². The topological polar surface area (TPSA) is 108 Å². The highest BCUT2D eigenvalue weighted by Crippen LogP contribution is 2.19. The molecule has 3 N–H and O–H groups in total. The molecule has 0 radical (unpaired) electrons. The normalized spacial score (nSPS) is 11.1. The summed E-state index contributed by atoms with van der Waals surface area (Å²) >= 11 is 0.993. The number of hydrazone groups is 1. The van der Waals surface area contributed by atoms with Gasteiger partial charge in [0.25, 0.3) is 0 Å². The van der Waals surface area contributed by atoms with Gasteiger partial charge in [-0.3, -0.25) is 4.79 Å². The predicted octanol–water partition coefficient (Wildman–Crippen LogP) is 3.16. The lowest BCUT2D eigenvalue weighted by Gasteiger charge is -2.06. The second kappa shape index (κ2) is 8.45. The molecule has 0 aliphatic heterocycles. The molecule has 11 heteroatoms. The third-order valence-corrected chi connectivity index (χ3v) is 4.00. The van der Waals surface area contributed by atoms with Crippen molar-refractivity contribution < 1.29 is 18.0 Å². The minimum Gasteiger partial charge on any atom is -0.460 e. The number of nitrogens with one attached hydrogen (secondary N) is 3. The summed E-state index contributed by atoms with van der Waals surface area (Å²) in [5.41, 5.74) is 2.15. The van der Waals surface area contributed by atoms with Crippen LogP contribution in [0.2, 0.25) is 0 Å². The number of furan rings is 1. The van der Waals surface area contributed by atoms with Crippen molar-refractivity contribution in [3.05, 3.63) is 53.5 Å². The van der Waals surface area contributed by atoms with Crippen LogP contribution in [0.15, 0.2) is 45.0 Å². The van der Waals surface area contributed by atoms with Crippen molar-refractivity contribution in [2.24, 2.45) is 5.10 Å². The number of benzene rings is 1. The fourth-order valence-electron chi connectivity index (χ4n) is 1.96. The number of carbonyl (C=O) groups excluding carboxylic acids is 1. The fourth-order valence-corrected chi connectivity index (χ4v) is 2.56. The molecular weight excluding hydrogens is 378 g/mol. The van der Waals surface area contributed by atoms with Gasteiger partial charge in [-0.15, -0.1) is 5.10 Å². The number of thioether (sulfide) groups is 1. The van der Waals surface area contributed by atoms with Gasteiger partial charge in [-0.2, -0.15) is 10.1 Å². The van der Waals surface area contributed by atoms with E-state index in [0.29, 0.717) is 5.76 Å². The van der Waals surface area contributed by atoms with Crippen LogP contribution in [-0.2, 0) is 4.79 Å². The Morgan fingerprint density at radius 1 is 1.33 bits per heavy atom. The molecule has 140 valence electrons. The summed E-state index contributed by atoms with van der Waals surface area (Å²) in [6.45, 7) is 1.82. The first-order valence-corrected chi connectivity index (χ1v) is 8.64. The number of aryl methyl sites for hydroxylation is 1. The summed E-state index contributed by atoms with van der Waals surface area (Å²) in [5.74, 6) is -0.800. The van der Waals surface area contributed by atoms with Crippen molar-refractivity contribution in [1.29, 1.82) is 0 Å². The zero-order valence-corrected chi connectivity index (χ0v) is 14.8. The molecule has 0 unspecified atom stereocenters. The Bertz CT molecular complexity index is 951. The third-order valence-electron chi connectivity index (χ3n) is 3.15. The van der Waals surface area contributed by atoms with Crippen molar-refractivity contribution in [2.75, 3.05) is 16.5 Å². The molecule has 27 heavy (non-hydrogen) atoms. The highest BCUT2D eigenvalue weighted by atomic mass is 32.2. The maximum atomic E-state index is 13.5. The van der Waals surface area contributed by atoms with Crippen molar-refractivity contribution in [1.82, 2.24) is 15.2 Å². The van der Waals surface area contributed by atoms with Crippen LogP contribution in [0.1, 0.15) is 11.5 Å². The van der Waals surface area contributed by atoms with Crippen molar-refractivity contribution >= 4 is 35.5 Å². The van der Waals surface area contributed by atoms with Gasteiger partial charge in [0, 0.05) is 0 Å². The molecule has 0 saturated heterocycles. The average molecular weight is 392 g/mol. The lowest BCUT2D eigenvalue weighted by Crippen LogP contribution is -2.16. The number of carbonyl (C=O) groups is 1. The number of amides is 1. The van der Waals surface area contributed by atoms with E-state index < -0.39 is 23.2 Å². The standard InChI is InChI=1S/C16H14F2N6O2S/c1-9-5-6-10(26-9)7-19-22-15-21-16(24-23-15)27-8-13(25)20-14-11(17)3-2-4-12(14)18/h2-7H,8H2,1H3,(H,20,25)(H2,21,22,23,24)/b19-7-. The number of anilines is 2. The molecule has 0 spiro atoms. The molecule has 2 heterocycles. The second-order valence-electron chi connectivity index (χ2n) is 5.22. The number of hydrogen-bond acceptors (Lipinski definition) is 7. The van der Waals surface area contributed by atoms with Gasteiger partial charge >= 0.3 is 0 Å². The van der Waals surface area contributed by atoms with Crippen molar-refractivity contribution in [3.63, 3.8) is 0 Å². The van der Waals surface area contributed by atoms with E-state index in [2.05, 4.69) is 31.0 Å². The van der Waals surface area contributed by atoms with Crippen LogP contribution in [0.5, 0.6) is 0 Å². The Balaban J connectivity index is 1.49. The molecule has 1 amide bonds. The van der Waals surface area contributed by atoms with Gasteiger partial charge in [0.2, 0.25) is 17.0 Å². The Kier molecular flexibility index (Phi) is 5.81. The quantitative estimate of drug-likeness (QED) is 0.324. The molecule has 2 aromatic heterocycles. The summed E-state index contributed by atoms with van der Waals surface area (Å²) < 4.78 is 32.3. The molecule has 8 nitrogen and oxygen atoms in total. The summed E-state index contributed by atoms with van der Waals surface area (Å²) in [6, 6.07) is 6.90. The second-order valence-corrected chi connectivity index (χ2v) is 6.16. The number of aromatic amines is 1. The maximum absolute atomic E-state index is 13.5. The van der Waals surface area contributed by atoms with Crippen LogP contribution < -0.4 is 10.7 Å². The van der Waals surface area contributed by atoms with Crippen LogP contribution in [0.25, 0.3) is 0 Å². The van der Waals surface area contributed by atoms with Crippen LogP contribution in [0, 0.1) is 18.6 Å². The molecule has 0 saturated carbocycles. The fraction of sp³-hybridized carbons (Fsp3) is 0.125. The monoisotopic (exact) mass is 392 g/mol. The highest BCUT2D eigenvalue weighted by molar-refractivity contribution is 7.99. The van der Waals surface area contributed by atoms with Gasteiger partial charge in [-0.25, -0.2) is 19.3 Å². The van der Waals surface area contributed by atoms with Gasteiger partial charge in [-0.1, -0.05) is 17.8 Å². The van der Waals surface area contributed by atoms with Crippen LogP contribution >= 0.6 is 11.8 Å². The van der Waals surface area contributed by atoms with Gasteiger partial charge in [0.05, 0.1) is 12.0 Å². The Labute approximate surface area is 156 Å². The van der Waals surface area contributed by atoms with E-state index in [4.69, 9.17) is 4.42 Å². The average Bonchev–Trinajstić information content (AvgIpc) is 3.25. The first-order valence-electron chi connectivity index (χ1n) is 7.66. The molecule has 3 rings (SSSR count). The summed E-state index contributed by atoms with van der Waals surface area (Å²) in [7, 11) is 0. The molecular formula is C16H14F2N6O2S. The van der Waals surface area contributed by atoms with Crippen LogP contribution in [0.3, 0.4) is 0 Å². The van der Waals surface area contributed by atoms with E-state index in [9.17, 15) is 13.6 Å². The molecule has 1 aromatic carbocycles. The molecule has 0 bridgehead atoms. The van der Waals surface area contributed by atoms with E-state index in [1.165, 1.54) is 12.3 Å². The number of para-hydroxylation sites is 1. The van der Waals surface area contributed by atoms with Crippen molar-refractivity contribution in [3.8, 4) is 0 Å². The molecule has 0 fully saturated rings. The number of hydrogen-bond donors (Lipinski definition) is 3. The molecule has 0 aliphatic carbocycles. The summed E-state index contributed by atoms with van der Waals surface area (Å²) in [6.07, 6.45) is 1.47. The number of nitrogens with zero attached hydrogens (tertiary/aromatic N) is 3. The van der Waals surface area contributed by atoms with E-state index in [0.717, 1.165) is 29.7 Å². The number of H-pyrrole nitrogens is 1. The third kappa shape index (κ3) is 5.14. The zero-order valence-electron chi connectivity index (χ0n) is 14.0. The van der Waals surface area contributed by atoms with Gasteiger partial charge < -0.3 is 9.73 Å². The lowest BCUT2D eigenvalue weighted by molar-refractivity contribution is -0.113.